The lowest BCUT2D eigenvalue weighted by Crippen LogP contribution is -2.16. The predicted octanol–water partition coefficient (Wildman–Crippen LogP) is 2.26. The SMILES string of the molecule is COC(=O)CC(N)c1cccc(-c2c(C)n[nH]c2C)c1. The van der Waals surface area contributed by atoms with Crippen molar-refractivity contribution in [3.05, 3.63) is 41.2 Å². The van der Waals surface area contributed by atoms with Crippen LogP contribution < -0.4 is 5.73 Å². The van der Waals surface area contributed by atoms with Crippen molar-refractivity contribution in [3.63, 3.8) is 0 Å². The van der Waals surface area contributed by atoms with Crippen LogP contribution in [0, 0.1) is 13.8 Å². The van der Waals surface area contributed by atoms with Gasteiger partial charge in [-0.2, -0.15) is 5.10 Å². The number of carbonyl (C=O) groups is 1. The first-order chi connectivity index (χ1) is 9.52. The summed E-state index contributed by atoms with van der Waals surface area (Å²) in [4.78, 5) is 11.3. The van der Waals surface area contributed by atoms with Crippen LogP contribution in [0.4, 0.5) is 0 Å². The third-order valence-electron chi connectivity index (χ3n) is 3.35. The first-order valence-corrected chi connectivity index (χ1v) is 6.47. The molecule has 1 heterocycles. The van der Waals surface area contributed by atoms with Crippen LogP contribution >= 0.6 is 0 Å². The van der Waals surface area contributed by atoms with E-state index < -0.39 is 0 Å². The Morgan fingerprint density at radius 1 is 1.45 bits per heavy atom. The van der Waals surface area contributed by atoms with Crippen LogP contribution in [-0.4, -0.2) is 23.3 Å². The summed E-state index contributed by atoms with van der Waals surface area (Å²) in [6, 6.07) is 7.50. The predicted molar refractivity (Wildman–Crippen MR) is 77.1 cm³/mol. The number of hydrogen-bond acceptors (Lipinski definition) is 4. The largest absolute Gasteiger partial charge is 0.469 e. The highest BCUT2D eigenvalue weighted by Crippen LogP contribution is 2.27. The number of aromatic amines is 1. The Kier molecular flexibility index (Phi) is 4.20. The third-order valence-corrected chi connectivity index (χ3v) is 3.35. The number of ether oxygens (including phenoxy) is 1. The molecule has 5 heteroatoms. The van der Waals surface area contributed by atoms with E-state index in [-0.39, 0.29) is 18.4 Å². The smallest absolute Gasteiger partial charge is 0.307 e. The number of nitrogens with zero attached hydrogens (tertiary/aromatic N) is 1. The number of hydrogen-bond donors (Lipinski definition) is 2. The van der Waals surface area contributed by atoms with Crippen LogP contribution in [0.1, 0.15) is 29.4 Å². The van der Waals surface area contributed by atoms with Crippen molar-refractivity contribution in [1.29, 1.82) is 0 Å². The van der Waals surface area contributed by atoms with Gasteiger partial charge in [0, 0.05) is 17.3 Å². The van der Waals surface area contributed by atoms with Gasteiger partial charge in [0.05, 0.1) is 19.2 Å². The molecule has 0 saturated carbocycles. The molecule has 0 aliphatic rings. The molecule has 3 N–H and O–H groups in total. The van der Waals surface area contributed by atoms with Crippen LogP contribution in [0.2, 0.25) is 0 Å². The van der Waals surface area contributed by atoms with E-state index in [2.05, 4.69) is 14.9 Å². The molecule has 2 rings (SSSR count). The molecule has 0 aliphatic carbocycles. The van der Waals surface area contributed by atoms with Crippen molar-refractivity contribution in [2.75, 3.05) is 7.11 Å². The highest BCUT2D eigenvalue weighted by Gasteiger charge is 2.14. The number of methoxy groups -OCH3 is 1. The number of H-pyrrole nitrogens is 1. The Morgan fingerprint density at radius 2 is 2.20 bits per heavy atom. The number of nitrogens with two attached hydrogens (primary N) is 1. The number of benzene rings is 1. The highest BCUT2D eigenvalue weighted by atomic mass is 16.5. The van der Waals surface area contributed by atoms with Gasteiger partial charge in [-0.1, -0.05) is 18.2 Å². The van der Waals surface area contributed by atoms with Crippen molar-refractivity contribution in [2.24, 2.45) is 5.73 Å². The van der Waals surface area contributed by atoms with Gasteiger partial charge in [0.15, 0.2) is 0 Å². The molecule has 0 saturated heterocycles. The fraction of sp³-hybridized carbons (Fsp3) is 0.333. The van der Waals surface area contributed by atoms with E-state index in [1.807, 2.05) is 38.1 Å². The van der Waals surface area contributed by atoms with Gasteiger partial charge in [0.2, 0.25) is 0 Å². The van der Waals surface area contributed by atoms with Crippen LogP contribution in [0.3, 0.4) is 0 Å². The Hall–Kier alpha value is -2.14. The maximum atomic E-state index is 11.3. The van der Waals surface area contributed by atoms with Crippen molar-refractivity contribution in [3.8, 4) is 11.1 Å². The molecular formula is C15H19N3O2. The number of nitrogens with one attached hydrogen (secondary N) is 1. The molecule has 0 radical (unpaired) electrons. The van der Waals surface area contributed by atoms with E-state index in [0.29, 0.717) is 0 Å². The summed E-state index contributed by atoms with van der Waals surface area (Å²) in [5.74, 6) is -0.307. The topological polar surface area (TPSA) is 81.0 Å². The zero-order valence-electron chi connectivity index (χ0n) is 11.9. The van der Waals surface area contributed by atoms with Gasteiger partial charge >= 0.3 is 5.97 Å². The molecule has 0 fully saturated rings. The Morgan fingerprint density at radius 3 is 2.80 bits per heavy atom. The second-order valence-electron chi connectivity index (χ2n) is 4.82. The first kappa shape index (κ1) is 14.3. The van der Waals surface area contributed by atoms with Crippen molar-refractivity contribution in [2.45, 2.75) is 26.3 Å². The van der Waals surface area contributed by atoms with E-state index in [9.17, 15) is 4.79 Å². The summed E-state index contributed by atoms with van der Waals surface area (Å²) in [7, 11) is 1.36. The molecule has 1 aromatic heterocycles. The molecule has 106 valence electrons. The van der Waals surface area contributed by atoms with Gasteiger partial charge in [-0.3, -0.25) is 9.89 Å². The van der Waals surface area contributed by atoms with Gasteiger partial charge in [0.1, 0.15) is 0 Å². The highest BCUT2D eigenvalue weighted by molar-refractivity contribution is 5.71. The number of aromatic nitrogens is 2. The van der Waals surface area contributed by atoms with Crippen LogP contribution in [0.5, 0.6) is 0 Å². The average Bonchev–Trinajstić information content (AvgIpc) is 2.78. The van der Waals surface area contributed by atoms with E-state index in [1.165, 1.54) is 7.11 Å². The zero-order chi connectivity index (χ0) is 14.7. The van der Waals surface area contributed by atoms with Gasteiger partial charge in [0.25, 0.3) is 0 Å². The van der Waals surface area contributed by atoms with Crippen molar-refractivity contribution < 1.29 is 9.53 Å². The molecule has 20 heavy (non-hydrogen) atoms. The van der Waals surface area contributed by atoms with E-state index in [0.717, 1.165) is 28.1 Å². The van der Waals surface area contributed by atoms with E-state index >= 15 is 0 Å². The minimum atomic E-state index is -0.366. The lowest BCUT2D eigenvalue weighted by Gasteiger charge is -2.12. The number of rotatable bonds is 4. The normalized spacial score (nSPS) is 12.2. The lowest BCUT2D eigenvalue weighted by molar-refractivity contribution is -0.141. The fourth-order valence-corrected chi connectivity index (χ4v) is 2.28. The second kappa shape index (κ2) is 5.88. The molecule has 0 amide bonds. The number of esters is 1. The second-order valence-corrected chi connectivity index (χ2v) is 4.82. The average molecular weight is 273 g/mol. The summed E-state index contributed by atoms with van der Waals surface area (Å²) in [6.45, 7) is 3.94. The zero-order valence-corrected chi connectivity index (χ0v) is 11.9. The lowest BCUT2D eigenvalue weighted by atomic mass is 9.97. The first-order valence-electron chi connectivity index (χ1n) is 6.47. The molecule has 1 unspecified atom stereocenters. The monoisotopic (exact) mass is 273 g/mol. The van der Waals surface area contributed by atoms with Crippen molar-refractivity contribution >= 4 is 5.97 Å². The Bertz CT molecular complexity index is 600. The van der Waals surface area contributed by atoms with Gasteiger partial charge in [-0.25, -0.2) is 0 Å². The van der Waals surface area contributed by atoms with Crippen molar-refractivity contribution in [1.82, 2.24) is 10.2 Å². The molecular weight excluding hydrogens is 254 g/mol. The van der Waals surface area contributed by atoms with Gasteiger partial charge < -0.3 is 10.5 Å². The number of carbonyl (C=O) groups excluding carboxylic acids is 1. The quantitative estimate of drug-likeness (QED) is 0.837. The fourth-order valence-electron chi connectivity index (χ4n) is 2.28. The molecule has 0 aliphatic heterocycles. The molecule has 1 atom stereocenters. The summed E-state index contributed by atoms with van der Waals surface area (Å²) in [5.41, 5.74) is 11.0. The van der Waals surface area contributed by atoms with Crippen LogP contribution in [0.25, 0.3) is 11.1 Å². The molecule has 0 spiro atoms. The van der Waals surface area contributed by atoms with Gasteiger partial charge in [-0.05, 0) is 31.0 Å². The Labute approximate surface area is 118 Å². The third kappa shape index (κ3) is 2.88. The maximum Gasteiger partial charge on any atom is 0.307 e. The number of aryl methyl sites for hydroxylation is 2. The summed E-state index contributed by atoms with van der Waals surface area (Å²) in [5, 5.41) is 7.17. The Balaban J connectivity index is 2.31. The minimum absolute atomic E-state index is 0.170. The summed E-state index contributed by atoms with van der Waals surface area (Å²) >= 11 is 0. The maximum absolute atomic E-state index is 11.3. The minimum Gasteiger partial charge on any atom is -0.469 e. The molecule has 1 aromatic carbocycles. The summed E-state index contributed by atoms with van der Waals surface area (Å²) < 4.78 is 4.65. The molecule has 0 bridgehead atoms. The van der Waals surface area contributed by atoms with E-state index in [1.54, 1.807) is 0 Å². The van der Waals surface area contributed by atoms with Gasteiger partial charge in [-0.15, -0.1) is 0 Å². The molecule has 2 aromatic rings. The standard InChI is InChI=1S/C15H19N3O2/c1-9-15(10(2)18-17-9)12-6-4-5-11(7-12)13(16)8-14(19)20-3/h4-7,13H,8,16H2,1-3H3,(H,17,18). The molecule has 5 nitrogen and oxygen atoms in total. The van der Waals surface area contributed by atoms with E-state index in [4.69, 9.17) is 5.73 Å². The van der Waals surface area contributed by atoms with Crippen LogP contribution in [0.15, 0.2) is 24.3 Å². The van der Waals surface area contributed by atoms with Crippen LogP contribution in [-0.2, 0) is 9.53 Å². The summed E-state index contributed by atoms with van der Waals surface area (Å²) in [6.07, 6.45) is 0.170.